The molecule has 0 aliphatic carbocycles. The van der Waals surface area contributed by atoms with Gasteiger partial charge in [0, 0.05) is 34.8 Å². The van der Waals surface area contributed by atoms with Crippen molar-refractivity contribution >= 4 is 50.8 Å². The Labute approximate surface area is 299 Å². The molecule has 0 spiro atoms. The molecule has 51 heavy (non-hydrogen) atoms. The third-order valence-electron chi connectivity index (χ3n) is 9.62. The van der Waals surface area contributed by atoms with E-state index < -0.39 is 12.0 Å². The number of hydrogen-bond donors (Lipinski definition) is 0. The van der Waals surface area contributed by atoms with Gasteiger partial charge in [-0.3, -0.25) is 9.36 Å². The first-order valence-electron chi connectivity index (χ1n) is 17.3. The highest BCUT2D eigenvalue weighted by Crippen LogP contribution is 2.36. The van der Waals surface area contributed by atoms with E-state index in [0.29, 0.717) is 33.1 Å². The summed E-state index contributed by atoms with van der Waals surface area (Å²) >= 11 is 1.35. The molecule has 5 aromatic carbocycles. The molecule has 0 fully saturated rings. The fourth-order valence-corrected chi connectivity index (χ4v) is 8.09. The number of carbonyl (C=O) groups is 1. The van der Waals surface area contributed by atoms with Gasteiger partial charge in [-0.25, -0.2) is 9.79 Å². The summed E-state index contributed by atoms with van der Waals surface area (Å²) < 4.78 is 10.1. The number of carbonyl (C=O) groups excluding carboxylic acids is 1. The summed E-state index contributed by atoms with van der Waals surface area (Å²) in [7, 11) is 0. The van der Waals surface area contributed by atoms with Crippen LogP contribution in [-0.4, -0.2) is 21.7 Å². The molecule has 7 aromatic rings. The summed E-state index contributed by atoms with van der Waals surface area (Å²) in [5.74, 6) is -0.146. The van der Waals surface area contributed by atoms with Crippen LogP contribution in [0.25, 0.3) is 33.4 Å². The van der Waals surface area contributed by atoms with Crippen molar-refractivity contribution in [3.05, 3.63) is 181 Å². The fraction of sp³-hybridized carbons (Fsp3) is 0.159. The van der Waals surface area contributed by atoms with Gasteiger partial charge in [-0.1, -0.05) is 140 Å². The Morgan fingerprint density at radius 2 is 1.57 bits per heavy atom. The fourth-order valence-electron chi connectivity index (χ4n) is 7.10. The van der Waals surface area contributed by atoms with E-state index in [1.54, 1.807) is 11.5 Å². The summed E-state index contributed by atoms with van der Waals surface area (Å²) in [6.45, 7) is 6.98. The number of nitrogens with zero attached hydrogens (tertiary/aromatic N) is 3. The van der Waals surface area contributed by atoms with Crippen molar-refractivity contribution in [1.29, 1.82) is 0 Å². The Morgan fingerprint density at radius 3 is 2.33 bits per heavy atom. The number of aromatic nitrogens is 2. The average molecular weight is 688 g/mol. The predicted molar refractivity (Wildman–Crippen MR) is 207 cm³/mol. The maximum Gasteiger partial charge on any atom is 0.338 e. The quantitative estimate of drug-likeness (QED) is 0.151. The van der Waals surface area contributed by atoms with Gasteiger partial charge in [-0.15, -0.1) is 0 Å². The van der Waals surface area contributed by atoms with Crippen LogP contribution in [0.1, 0.15) is 60.5 Å². The normalized spacial score (nSPS) is 14.7. The predicted octanol–water partition coefficient (Wildman–Crippen LogP) is 8.22. The molecule has 8 rings (SSSR count). The van der Waals surface area contributed by atoms with Crippen LogP contribution in [0.15, 0.2) is 143 Å². The van der Waals surface area contributed by atoms with E-state index in [0.717, 1.165) is 27.6 Å². The molecule has 0 bridgehead atoms. The van der Waals surface area contributed by atoms with Crippen LogP contribution in [0, 0.1) is 0 Å². The molecule has 1 atom stereocenters. The summed E-state index contributed by atoms with van der Waals surface area (Å²) in [5.41, 5.74) is 6.72. The Hall–Kier alpha value is -5.79. The lowest BCUT2D eigenvalue weighted by Gasteiger charge is -2.26. The van der Waals surface area contributed by atoms with Crippen LogP contribution in [0.4, 0.5) is 0 Å². The van der Waals surface area contributed by atoms with E-state index in [9.17, 15) is 9.59 Å². The van der Waals surface area contributed by atoms with Gasteiger partial charge in [0.1, 0.15) is 0 Å². The zero-order valence-corrected chi connectivity index (χ0v) is 29.6. The number of benzene rings is 5. The topological polar surface area (TPSA) is 65.6 Å². The van der Waals surface area contributed by atoms with Crippen molar-refractivity contribution in [2.45, 2.75) is 39.3 Å². The number of para-hydroxylation sites is 1. The van der Waals surface area contributed by atoms with E-state index in [-0.39, 0.29) is 12.2 Å². The first-order valence-corrected chi connectivity index (χ1v) is 18.2. The second-order valence-electron chi connectivity index (χ2n) is 13.1. The van der Waals surface area contributed by atoms with Gasteiger partial charge in [0.2, 0.25) is 0 Å². The standard InChI is InChI=1S/C44H37N3O3S/c1-4-50-43(49)39-40(31-14-6-5-7-15-31)45-44-47(41(39)32-23-21-29(22-24-32)28(2)3)42(48)38(51-44)25-34-27-46(37-20-11-10-19-36(34)37)26-33-17-12-16-30-13-8-9-18-35(30)33/h5-25,27-28,41H,4,26H2,1-3H3/b38-25-/t41-/m0/s1. The molecule has 0 amide bonds. The molecule has 0 saturated carbocycles. The van der Waals surface area contributed by atoms with Crippen LogP contribution < -0.4 is 14.9 Å². The van der Waals surface area contributed by atoms with Crippen molar-refractivity contribution < 1.29 is 9.53 Å². The van der Waals surface area contributed by atoms with E-state index in [2.05, 4.69) is 91.3 Å². The minimum atomic E-state index is -0.716. The molecule has 0 radical (unpaired) electrons. The van der Waals surface area contributed by atoms with Crippen LogP contribution in [0.5, 0.6) is 0 Å². The maximum absolute atomic E-state index is 14.6. The second kappa shape index (κ2) is 13.5. The number of fused-ring (bicyclic) bond motifs is 3. The molecule has 0 unspecified atom stereocenters. The molecular formula is C44H37N3O3S. The minimum Gasteiger partial charge on any atom is -0.463 e. The number of hydrogen-bond acceptors (Lipinski definition) is 5. The third kappa shape index (κ3) is 5.93. The molecule has 2 aromatic heterocycles. The molecule has 252 valence electrons. The SMILES string of the molecule is CCOC(=O)C1=C(c2ccccc2)N=c2s/c(=C\c3cn(Cc4cccc5ccccc45)c4ccccc34)c(=O)n2[C@H]1c1ccc(C(C)C)cc1. The highest BCUT2D eigenvalue weighted by atomic mass is 32.1. The molecule has 6 nitrogen and oxygen atoms in total. The Balaban J connectivity index is 1.32. The highest BCUT2D eigenvalue weighted by molar-refractivity contribution is 7.07. The summed E-state index contributed by atoms with van der Waals surface area (Å²) in [6, 6.07) is 40.3. The zero-order valence-electron chi connectivity index (χ0n) is 28.7. The average Bonchev–Trinajstić information content (AvgIpc) is 3.67. The van der Waals surface area contributed by atoms with E-state index in [1.807, 2.05) is 60.7 Å². The van der Waals surface area contributed by atoms with Gasteiger partial charge < -0.3 is 9.30 Å². The maximum atomic E-state index is 14.6. The molecule has 0 N–H and O–H groups in total. The molecular weight excluding hydrogens is 651 g/mol. The Bertz CT molecular complexity index is 2640. The van der Waals surface area contributed by atoms with Gasteiger partial charge in [0.15, 0.2) is 4.80 Å². The van der Waals surface area contributed by atoms with Gasteiger partial charge in [-0.05, 0) is 52.4 Å². The lowest BCUT2D eigenvalue weighted by Crippen LogP contribution is -2.40. The van der Waals surface area contributed by atoms with Crippen LogP contribution >= 0.6 is 11.3 Å². The van der Waals surface area contributed by atoms with E-state index >= 15 is 0 Å². The monoisotopic (exact) mass is 687 g/mol. The van der Waals surface area contributed by atoms with Gasteiger partial charge >= 0.3 is 5.97 Å². The lowest BCUT2D eigenvalue weighted by molar-refractivity contribution is -0.138. The van der Waals surface area contributed by atoms with Gasteiger partial charge in [0.05, 0.1) is 28.5 Å². The van der Waals surface area contributed by atoms with Crippen molar-refractivity contribution in [2.75, 3.05) is 6.61 Å². The molecule has 3 heterocycles. The number of esters is 1. The number of thiazole rings is 1. The van der Waals surface area contributed by atoms with Gasteiger partial charge in [-0.2, -0.15) is 0 Å². The van der Waals surface area contributed by atoms with Crippen molar-refractivity contribution in [2.24, 2.45) is 4.99 Å². The van der Waals surface area contributed by atoms with E-state index in [4.69, 9.17) is 9.73 Å². The smallest absolute Gasteiger partial charge is 0.338 e. The Kier molecular flexibility index (Phi) is 8.58. The van der Waals surface area contributed by atoms with Crippen molar-refractivity contribution in [1.82, 2.24) is 9.13 Å². The summed E-state index contributed by atoms with van der Waals surface area (Å²) in [4.78, 5) is 34.1. The first kappa shape index (κ1) is 32.4. The highest BCUT2D eigenvalue weighted by Gasteiger charge is 2.35. The molecule has 7 heteroatoms. The molecule has 1 aliphatic heterocycles. The second-order valence-corrected chi connectivity index (χ2v) is 14.1. The van der Waals surface area contributed by atoms with Crippen molar-refractivity contribution in [3.8, 4) is 0 Å². The summed E-state index contributed by atoms with van der Waals surface area (Å²) in [5, 5.41) is 3.49. The largest absolute Gasteiger partial charge is 0.463 e. The van der Waals surface area contributed by atoms with Crippen LogP contribution in [0.3, 0.4) is 0 Å². The van der Waals surface area contributed by atoms with E-state index in [1.165, 1.54) is 33.2 Å². The first-order chi connectivity index (χ1) is 24.9. The number of ether oxygens (including phenoxy) is 1. The lowest BCUT2D eigenvalue weighted by atomic mass is 9.91. The van der Waals surface area contributed by atoms with Crippen LogP contribution in [0.2, 0.25) is 0 Å². The number of rotatable bonds is 8. The Morgan fingerprint density at radius 1 is 0.863 bits per heavy atom. The minimum absolute atomic E-state index is 0.198. The van der Waals surface area contributed by atoms with Gasteiger partial charge in [0.25, 0.3) is 5.56 Å². The summed E-state index contributed by atoms with van der Waals surface area (Å²) in [6.07, 6.45) is 4.10. The zero-order chi connectivity index (χ0) is 35.1. The van der Waals surface area contributed by atoms with Crippen LogP contribution in [-0.2, 0) is 16.1 Å². The molecule has 1 aliphatic rings. The van der Waals surface area contributed by atoms with Crippen molar-refractivity contribution in [3.63, 3.8) is 0 Å². The third-order valence-corrected chi connectivity index (χ3v) is 10.6. The molecule has 0 saturated heterocycles.